The predicted octanol–water partition coefficient (Wildman–Crippen LogP) is 3.20. The van der Waals surface area contributed by atoms with Crippen LogP contribution >= 0.6 is 12.2 Å². The lowest BCUT2D eigenvalue weighted by atomic mass is 10.0. The Morgan fingerprint density at radius 2 is 2.00 bits per heavy atom. The molecule has 0 aliphatic heterocycles. The van der Waals surface area contributed by atoms with Crippen LogP contribution in [0.1, 0.15) is 16.8 Å². The third-order valence-electron chi connectivity index (χ3n) is 2.59. The topological polar surface area (TPSA) is 38.9 Å². The number of aromatic nitrogens is 1. The van der Waals surface area contributed by atoms with Crippen LogP contribution in [0.5, 0.6) is 0 Å². The number of alkyl halides is 3. The van der Waals surface area contributed by atoms with Gasteiger partial charge in [-0.15, -0.1) is 0 Å². The second kappa shape index (κ2) is 4.20. The van der Waals surface area contributed by atoms with Crippen molar-refractivity contribution in [3.63, 3.8) is 0 Å². The first-order valence-corrected chi connectivity index (χ1v) is 5.49. The van der Waals surface area contributed by atoms with E-state index in [1.54, 1.807) is 6.92 Å². The maximum atomic E-state index is 12.9. The summed E-state index contributed by atoms with van der Waals surface area (Å²) in [6.45, 7) is 1.58. The Bertz CT molecular complexity index is 635. The monoisotopic (exact) mass is 270 g/mol. The van der Waals surface area contributed by atoms with Gasteiger partial charge in [-0.3, -0.25) is 0 Å². The zero-order chi connectivity index (χ0) is 13.5. The molecule has 18 heavy (non-hydrogen) atoms. The van der Waals surface area contributed by atoms with Crippen LogP contribution in [0.2, 0.25) is 0 Å². The highest BCUT2D eigenvalue weighted by Crippen LogP contribution is 2.35. The quantitative estimate of drug-likeness (QED) is 0.809. The van der Waals surface area contributed by atoms with Crippen LogP contribution in [0.15, 0.2) is 24.3 Å². The lowest BCUT2D eigenvalue weighted by molar-refractivity contribution is -0.136. The molecule has 0 aliphatic rings. The van der Waals surface area contributed by atoms with Gasteiger partial charge in [-0.2, -0.15) is 13.2 Å². The molecule has 2 nitrogen and oxygen atoms in total. The summed E-state index contributed by atoms with van der Waals surface area (Å²) in [7, 11) is 0. The van der Waals surface area contributed by atoms with Crippen molar-refractivity contribution in [1.29, 1.82) is 0 Å². The number of rotatable bonds is 1. The predicted molar refractivity (Wildman–Crippen MR) is 67.4 cm³/mol. The maximum absolute atomic E-state index is 12.9. The third kappa shape index (κ3) is 2.15. The average Bonchev–Trinajstić information content (AvgIpc) is 2.26. The van der Waals surface area contributed by atoms with E-state index >= 15 is 0 Å². The van der Waals surface area contributed by atoms with Gasteiger partial charge in [0.25, 0.3) is 0 Å². The van der Waals surface area contributed by atoms with E-state index < -0.39 is 11.7 Å². The molecule has 0 amide bonds. The Morgan fingerprint density at radius 3 is 2.56 bits per heavy atom. The molecule has 6 heteroatoms. The van der Waals surface area contributed by atoms with Crippen LogP contribution in [0, 0.1) is 6.92 Å². The number of hydrogen-bond donors (Lipinski definition) is 1. The summed E-state index contributed by atoms with van der Waals surface area (Å²) >= 11 is 4.78. The number of benzene rings is 1. The molecule has 2 aromatic rings. The second-order valence-electron chi connectivity index (χ2n) is 3.89. The first-order chi connectivity index (χ1) is 8.30. The zero-order valence-electron chi connectivity index (χ0n) is 9.38. The second-order valence-corrected chi connectivity index (χ2v) is 4.33. The summed E-state index contributed by atoms with van der Waals surface area (Å²) in [5.41, 5.74) is 5.77. The van der Waals surface area contributed by atoms with Crippen LogP contribution in [0.4, 0.5) is 13.2 Å². The SMILES string of the molecule is Cc1cc(C(N)=S)nc2cccc(C(F)(F)F)c12. The van der Waals surface area contributed by atoms with Gasteiger partial charge in [-0.05, 0) is 30.7 Å². The van der Waals surface area contributed by atoms with Crippen LogP contribution in [-0.2, 0) is 6.18 Å². The minimum atomic E-state index is -4.41. The van der Waals surface area contributed by atoms with Crippen molar-refractivity contribution in [2.45, 2.75) is 13.1 Å². The van der Waals surface area contributed by atoms with E-state index in [1.807, 2.05) is 0 Å². The van der Waals surface area contributed by atoms with Crippen molar-refractivity contribution >= 4 is 28.1 Å². The minimum absolute atomic E-state index is 0.0670. The van der Waals surface area contributed by atoms with Crippen molar-refractivity contribution < 1.29 is 13.2 Å². The molecule has 1 aromatic carbocycles. The largest absolute Gasteiger partial charge is 0.417 e. The lowest BCUT2D eigenvalue weighted by Crippen LogP contribution is -2.13. The number of nitrogens with two attached hydrogens (primary N) is 1. The third-order valence-corrected chi connectivity index (χ3v) is 2.80. The van der Waals surface area contributed by atoms with Crippen LogP contribution < -0.4 is 5.73 Å². The molecule has 94 valence electrons. The first-order valence-electron chi connectivity index (χ1n) is 5.08. The number of halogens is 3. The van der Waals surface area contributed by atoms with Crippen molar-refractivity contribution in [2.75, 3.05) is 0 Å². The summed E-state index contributed by atoms with van der Waals surface area (Å²) < 4.78 is 38.6. The number of aryl methyl sites for hydroxylation is 1. The average molecular weight is 270 g/mol. The van der Waals surface area contributed by atoms with E-state index in [9.17, 15) is 13.2 Å². The molecule has 0 aliphatic carbocycles. The Hall–Kier alpha value is -1.69. The Morgan fingerprint density at radius 1 is 1.33 bits per heavy atom. The number of hydrogen-bond acceptors (Lipinski definition) is 2. The number of pyridine rings is 1. The van der Waals surface area contributed by atoms with Gasteiger partial charge in [0.2, 0.25) is 0 Å². The maximum Gasteiger partial charge on any atom is 0.417 e. The van der Waals surface area contributed by atoms with E-state index in [-0.39, 0.29) is 15.9 Å². The van der Waals surface area contributed by atoms with E-state index in [2.05, 4.69) is 4.98 Å². The van der Waals surface area contributed by atoms with Crippen molar-refractivity contribution in [3.8, 4) is 0 Å². The van der Waals surface area contributed by atoms with Gasteiger partial charge in [0.15, 0.2) is 0 Å². The Labute approximate surface area is 107 Å². The summed E-state index contributed by atoms with van der Waals surface area (Å²) in [4.78, 5) is 4.11. The summed E-state index contributed by atoms with van der Waals surface area (Å²) in [6, 6.07) is 5.34. The highest BCUT2D eigenvalue weighted by molar-refractivity contribution is 7.80. The first kappa shape index (κ1) is 12.8. The minimum Gasteiger partial charge on any atom is -0.388 e. The molecule has 0 spiro atoms. The molecule has 0 unspecified atom stereocenters. The van der Waals surface area contributed by atoms with E-state index in [4.69, 9.17) is 18.0 Å². The van der Waals surface area contributed by atoms with Gasteiger partial charge >= 0.3 is 6.18 Å². The summed E-state index contributed by atoms with van der Waals surface area (Å²) in [6.07, 6.45) is -4.41. The molecule has 0 bridgehead atoms. The van der Waals surface area contributed by atoms with E-state index in [0.29, 0.717) is 11.3 Å². The highest BCUT2D eigenvalue weighted by atomic mass is 32.1. The van der Waals surface area contributed by atoms with Crippen molar-refractivity contribution in [2.24, 2.45) is 5.73 Å². The van der Waals surface area contributed by atoms with Gasteiger partial charge in [-0.25, -0.2) is 4.98 Å². The molecule has 2 N–H and O–H groups in total. The van der Waals surface area contributed by atoms with Gasteiger partial charge in [-0.1, -0.05) is 18.3 Å². The van der Waals surface area contributed by atoms with E-state index in [0.717, 1.165) is 6.07 Å². The number of thiocarbonyl (C=S) groups is 1. The van der Waals surface area contributed by atoms with Crippen LogP contribution in [0.25, 0.3) is 10.9 Å². The Balaban J connectivity index is 2.83. The molecule has 0 saturated heterocycles. The van der Waals surface area contributed by atoms with Crippen LogP contribution in [-0.4, -0.2) is 9.97 Å². The fraction of sp³-hybridized carbons (Fsp3) is 0.167. The molecule has 0 atom stereocenters. The van der Waals surface area contributed by atoms with Gasteiger partial charge in [0.1, 0.15) is 4.99 Å². The summed E-state index contributed by atoms with van der Waals surface area (Å²) in [5.74, 6) is 0. The zero-order valence-corrected chi connectivity index (χ0v) is 10.2. The normalized spacial score (nSPS) is 11.8. The van der Waals surface area contributed by atoms with Gasteiger partial charge in [0, 0.05) is 5.39 Å². The molecule has 0 fully saturated rings. The molecule has 0 radical (unpaired) electrons. The lowest BCUT2D eigenvalue weighted by Gasteiger charge is -2.12. The fourth-order valence-corrected chi connectivity index (χ4v) is 1.95. The molecule has 1 aromatic heterocycles. The van der Waals surface area contributed by atoms with Crippen molar-refractivity contribution in [1.82, 2.24) is 4.98 Å². The van der Waals surface area contributed by atoms with Crippen molar-refractivity contribution in [3.05, 3.63) is 41.1 Å². The molecular formula is C12H9F3N2S. The molecule has 1 heterocycles. The summed E-state index contributed by atoms with van der Waals surface area (Å²) in [5, 5.41) is 0.0880. The standard InChI is InChI=1S/C12H9F3N2S/c1-6-5-9(11(16)18)17-8-4-2-3-7(10(6)8)12(13,14)15/h2-5H,1H3,(H2,16,18). The number of nitrogens with zero attached hydrogens (tertiary/aromatic N) is 1. The van der Waals surface area contributed by atoms with Crippen LogP contribution in [0.3, 0.4) is 0 Å². The number of fused-ring (bicyclic) bond motifs is 1. The molecule has 0 saturated carbocycles. The Kier molecular flexibility index (Phi) is 2.98. The smallest absolute Gasteiger partial charge is 0.388 e. The fourth-order valence-electron chi connectivity index (χ4n) is 1.85. The highest BCUT2D eigenvalue weighted by Gasteiger charge is 2.33. The van der Waals surface area contributed by atoms with Gasteiger partial charge in [0.05, 0.1) is 16.8 Å². The van der Waals surface area contributed by atoms with Gasteiger partial charge < -0.3 is 5.73 Å². The van der Waals surface area contributed by atoms with E-state index in [1.165, 1.54) is 18.2 Å². The molecule has 2 rings (SSSR count). The molecular weight excluding hydrogens is 261 g/mol.